The molecule has 0 aromatic carbocycles. The van der Waals surface area contributed by atoms with Gasteiger partial charge in [-0.25, -0.2) is 0 Å². The summed E-state index contributed by atoms with van der Waals surface area (Å²) in [5.41, 5.74) is -0.593. The predicted molar refractivity (Wildman–Crippen MR) is 48.1 cm³/mol. The summed E-state index contributed by atoms with van der Waals surface area (Å²) >= 11 is 0. The Bertz CT molecular complexity index is 272. The molecule has 13 heavy (non-hydrogen) atoms. The first-order chi connectivity index (χ1) is 6.04. The predicted octanol–water partition coefficient (Wildman–Crippen LogP) is 0.880. The summed E-state index contributed by atoms with van der Waals surface area (Å²) in [5, 5.41) is 2.76. The monoisotopic (exact) mass is 181 g/mol. The third-order valence-corrected chi connectivity index (χ3v) is 4.20. The molecule has 2 aliphatic carbocycles. The van der Waals surface area contributed by atoms with E-state index in [1.807, 2.05) is 0 Å². The fraction of sp³-hybridized carbons (Fsp3) is 0.800. The lowest BCUT2D eigenvalue weighted by Gasteiger charge is -2.35. The highest BCUT2D eigenvalue weighted by Gasteiger charge is 2.64. The summed E-state index contributed by atoms with van der Waals surface area (Å²) < 4.78 is 0. The lowest BCUT2D eigenvalue weighted by atomic mass is 9.76. The van der Waals surface area contributed by atoms with E-state index in [9.17, 15) is 9.59 Å². The fourth-order valence-corrected chi connectivity index (χ4v) is 3.12. The molecule has 3 heteroatoms. The van der Waals surface area contributed by atoms with Crippen LogP contribution in [0.15, 0.2) is 0 Å². The minimum Gasteiger partial charge on any atom is -0.346 e. The lowest BCUT2D eigenvalue weighted by Crippen LogP contribution is -2.55. The molecule has 0 radical (unpaired) electrons. The maximum atomic E-state index is 11.7. The van der Waals surface area contributed by atoms with Gasteiger partial charge in [0.25, 0.3) is 0 Å². The van der Waals surface area contributed by atoms with Gasteiger partial charge in [-0.2, -0.15) is 0 Å². The van der Waals surface area contributed by atoms with Crippen LogP contribution in [0, 0.1) is 11.3 Å². The van der Waals surface area contributed by atoms with Gasteiger partial charge in [0.15, 0.2) is 5.78 Å². The first-order valence-electron chi connectivity index (χ1n) is 4.79. The molecule has 3 nitrogen and oxygen atoms in total. The number of hydrogen-bond acceptors (Lipinski definition) is 2. The van der Waals surface area contributed by atoms with Crippen LogP contribution in [0.1, 0.15) is 33.1 Å². The van der Waals surface area contributed by atoms with Gasteiger partial charge in [0.1, 0.15) is 5.54 Å². The molecule has 0 saturated heterocycles. The summed E-state index contributed by atoms with van der Waals surface area (Å²) in [5.74, 6) is 0.688. The van der Waals surface area contributed by atoms with Crippen molar-refractivity contribution < 1.29 is 9.59 Å². The molecule has 1 amide bonds. The number of hydrogen-bond donors (Lipinski definition) is 1. The Balaban J connectivity index is 2.42. The van der Waals surface area contributed by atoms with Crippen molar-refractivity contribution in [2.75, 3.05) is 0 Å². The highest BCUT2D eigenvalue weighted by Crippen LogP contribution is 2.57. The second-order valence-corrected chi connectivity index (χ2v) is 4.75. The van der Waals surface area contributed by atoms with Crippen LogP contribution < -0.4 is 5.32 Å². The van der Waals surface area contributed by atoms with Crippen LogP contribution in [0.3, 0.4) is 0 Å². The van der Waals surface area contributed by atoms with Crippen molar-refractivity contribution in [1.82, 2.24) is 5.32 Å². The van der Waals surface area contributed by atoms with Gasteiger partial charge < -0.3 is 5.32 Å². The van der Waals surface area contributed by atoms with Crippen LogP contribution in [-0.2, 0) is 9.59 Å². The highest BCUT2D eigenvalue weighted by molar-refractivity contribution is 5.95. The molecule has 0 aromatic heterocycles. The van der Waals surface area contributed by atoms with Crippen molar-refractivity contribution in [1.29, 1.82) is 0 Å². The van der Waals surface area contributed by atoms with Crippen LogP contribution >= 0.6 is 0 Å². The van der Waals surface area contributed by atoms with Gasteiger partial charge in [0.2, 0.25) is 6.41 Å². The molecule has 0 aliphatic heterocycles. The Labute approximate surface area is 77.9 Å². The van der Waals surface area contributed by atoms with E-state index in [1.165, 1.54) is 0 Å². The normalized spacial score (nSPS) is 40.8. The summed E-state index contributed by atoms with van der Waals surface area (Å²) in [4.78, 5) is 22.3. The van der Waals surface area contributed by atoms with Gasteiger partial charge >= 0.3 is 0 Å². The zero-order chi connectivity index (χ0) is 9.69. The molecule has 2 fully saturated rings. The molecule has 2 saturated carbocycles. The average Bonchev–Trinajstić information content (AvgIpc) is 2.38. The highest BCUT2D eigenvalue weighted by atomic mass is 16.1. The van der Waals surface area contributed by atoms with E-state index >= 15 is 0 Å². The van der Waals surface area contributed by atoms with Gasteiger partial charge in [0, 0.05) is 6.42 Å². The molecular weight excluding hydrogens is 166 g/mol. The number of rotatable bonds is 2. The molecule has 0 spiro atoms. The lowest BCUT2D eigenvalue weighted by molar-refractivity contribution is -0.128. The zero-order valence-corrected chi connectivity index (χ0v) is 8.09. The largest absolute Gasteiger partial charge is 0.346 e. The summed E-state index contributed by atoms with van der Waals surface area (Å²) in [6, 6.07) is 0. The second-order valence-electron chi connectivity index (χ2n) is 4.75. The van der Waals surface area contributed by atoms with Crippen LogP contribution in [0.25, 0.3) is 0 Å². The first-order valence-corrected chi connectivity index (χ1v) is 4.79. The molecule has 72 valence electrons. The number of carbonyl (C=O) groups is 2. The van der Waals surface area contributed by atoms with E-state index in [0.717, 1.165) is 12.8 Å². The number of fused-ring (bicyclic) bond motifs is 2. The SMILES string of the molecule is CC1(C)C2CCC1(NC=O)C(=O)C2. The van der Waals surface area contributed by atoms with E-state index in [2.05, 4.69) is 19.2 Å². The van der Waals surface area contributed by atoms with Gasteiger partial charge in [0.05, 0.1) is 0 Å². The van der Waals surface area contributed by atoms with Gasteiger partial charge in [-0.3, -0.25) is 9.59 Å². The van der Waals surface area contributed by atoms with E-state index in [4.69, 9.17) is 0 Å². The number of amides is 1. The minimum absolute atomic E-state index is 0.0506. The number of Topliss-reactive ketones (excluding diaryl/α,β-unsaturated/α-hetero) is 1. The Morgan fingerprint density at radius 2 is 2.23 bits per heavy atom. The maximum absolute atomic E-state index is 11.7. The number of carbonyl (C=O) groups excluding carboxylic acids is 2. The molecule has 0 heterocycles. The average molecular weight is 181 g/mol. The van der Waals surface area contributed by atoms with Crippen LogP contribution in [-0.4, -0.2) is 17.7 Å². The van der Waals surface area contributed by atoms with Crippen molar-refractivity contribution in [3.63, 3.8) is 0 Å². The number of nitrogens with one attached hydrogen (secondary N) is 1. The first kappa shape index (κ1) is 8.73. The summed E-state index contributed by atoms with van der Waals surface area (Å²) in [6.45, 7) is 4.18. The quantitative estimate of drug-likeness (QED) is 0.643. The fourth-order valence-electron chi connectivity index (χ4n) is 3.12. The molecule has 0 aromatic rings. The van der Waals surface area contributed by atoms with Gasteiger partial charge in [-0.15, -0.1) is 0 Å². The molecule has 2 bridgehead atoms. The summed E-state index contributed by atoms with van der Waals surface area (Å²) in [6.07, 6.45) is 3.21. The third-order valence-electron chi connectivity index (χ3n) is 4.20. The molecule has 2 rings (SSSR count). The van der Waals surface area contributed by atoms with E-state index in [0.29, 0.717) is 18.7 Å². The minimum atomic E-state index is -0.542. The topological polar surface area (TPSA) is 46.2 Å². The Kier molecular flexibility index (Phi) is 1.57. The van der Waals surface area contributed by atoms with Gasteiger partial charge in [-0.05, 0) is 24.2 Å². The zero-order valence-electron chi connectivity index (χ0n) is 8.09. The molecule has 1 N–H and O–H groups in total. The van der Waals surface area contributed by atoms with Crippen LogP contribution in [0.5, 0.6) is 0 Å². The molecule has 2 unspecified atom stereocenters. The Morgan fingerprint density at radius 1 is 1.54 bits per heavy atom. The van der Waals surface area contributed by atoms with E-state index < -0.39 is 5.54 Å². The molecule has 2 atom stereocenters. The second kappa shape index (κ2) is 2.34. The van der Waals surface area contributed by atoms with Crippen molar-refractivity contribution in [3.8, 4) is 0 Å². The Morgan fingerprint density at radius 3 is 2.62 bits per heavy atom. The van der Waals surface area contributed by atoms with Crippen molar-refractivity contribution in [2.45, 2.75) is 38.6 Å². The Hall–Kier alpha value is -0.860. The molecule has 2 aliphatic rings. The van der Waals surface area contributed by atoms with E-state index in [-0.39, 0.29) is 11.2 Å². The van der Waals surface area contributed by atoms with E-state index in [1.54, 1.807) is 0 Å². The van der Waals surface area contributed by atoms with Crippen molar-refractivity contribution in [3.05, 3.63) is 0 Å². The van der Waals surface area contributed by atoms with Crippen LogP contribution in [0.2, 0.25) is 0 Å². The van der Waals surface area contributed by atoms with Crippen molar-refractivity contribution >= 4 is 12.2 Å². The smallest absolute Gasteiger partial charge is 0.207 e. The maximum Gasteiger partial charge on any atom is 0.207 e. The molecular formula is C10H15NO2. The summed E-state index contributed by atoms with van der Waals surface area (Å²) in [7, 11) is 0. The number of ketones is 1. The van der Waals surface area contributed by atoms with Crippen molar-refractivity contribution in [2.24, 2.45) is 11.3 Å². The third kappa shape index (κ3) is 0.798. The van der Waals surface area contributed by atoms with Gasteiger partial charge in [-0.1, -0.05) is 13.8 Å². The van der Waals surface area contributed by atoms with Crippen LogP contribution in [0.4, 0.5) is 0 Å². The standard InChI is InChI=1S/C10H15NO2/c1-9(2)7-3-4-10(9,11-6-12)8(13)5-7/h6-7H,3-5H2,1-2H3,(H,11,12).